The topological polar surface area (TPSA) is 166 Å². The molecule has 0 aliphatic carbocycles. The standard InChI is InChI=1S/C9H13FN3O8P/c10-20-7-6(21-22(16,17)18)4(3-14)19-8(7)13-2-1-5(11)12-9(13)15/h1-2,4,6-8,14H,3H2,(H2,11,12,15)(H2,16,17,18)/t4-,6-,7-,8-/m1/s1. The van der Waals surface area contributed by atoms with Gasteiger partial charge in [0.1, 0.15) is 18.0 Å². The number of aromatic nitrogens is 2. The fraction of sp³-hybridized carbons (Fsp3) is 0.556. The molecule has 1 fully saturated rings. The van der Waals surface area contributed by atoms with Crippen LogP contribution in [-0.2, 0) is 18.8 Å². The Morgan fingerprint density at radius 1 is 1.50 bits per heavy atom. The molecule has 4 atom stereocenters. The molecule has 0 bridgehead atoms. The number of anilines is 1. The van der Waals surface area contributed by atoms with E-state index in [4.69, 9.17) is 25.4 Å². The van der Waals surface area contributed by atoms with Gasteiger partial charge in [-0.1, -0.05) is 0 Å². The molecule has 13 heteroatoms. The number of hydrogen-bond acceptors (Lipinski definition) is 8. The van der Waals surface area contributed by atoms with Crippen molar-refractivity contribution in [3.05, 3.63) is 22.7 Å². The zero-order valence-corrected chi connectivity index (χ0v) is 11.7. The van der Waals surface area contributed by atoms with E-state index in [9.17, 15) is 13.9 Å². The molecule has 2 rings (SSSR count). The van der Waals surface area contributed by atoms with Crippen molar-refractivity contribution in [1.29, 1.82) is 0 Å². The Balaban J connectivity index is 2.36. The predicted molar refractivity (Wildman–Crippen MR) is 66.8 cm³/mol. The minimum absolute atomic E-state index is 0.0845. The molecule has 2 heterocycles. The first-order valence-electron chi connectivity index (χ1n) is 5.89. The molecular weight excluding hydrogens is 328 g/mol. The second-order valence-corrected chi connectivity index (χ2v) is 5.60. The first-order valence-corrected chi connectivity index (χ1v) is 7.42. The molecule has 1 aromatic heterocycles. The van der Waals surface area contributed by atoms with Crippen molar-refractivity contribution < 1.29 is 38.2 Å². The number of phosphoric acid groups is 1. The van der Waals surface area contributed by atoms with Gasteiger partial charge in [0.05, 0.1) is 6.61 Å². The number of halogens is 1. The third-order valence-electron chi connectivity index (χ3n) is 2.95. The molecule has 0 aromatic carbocycles. The van der Waals surface area contributed by atoms with Crippen molar-refractivity contribution in [2.24, 2.45) is 0 Å². The van der Waals surface area contributed by atoms with Crippen LogP contribution in [0.4, 0.5) is 10.3 Å². The lowest BCUT2D eigenvalue weighted by Crippen LogP contribution is -2.38. The number of aliphatic hydroxyl groups excluding tert-OH is 1. The highest BCUT2D eigenvalue weighted by Gasteiger charge is 2.50. The summed E-state index contributed by atoms with van der Waals surface area (Å²) in [7, 11) is -5.01. The van der Waals surface area contributed by atoms with E-state index in [1.165, 1.54) is 6.07 Å². The SMILES string of the molecule is Nc1ccn([C@@H]2O[C@H](CO)[C@@H](OP(=O)(O)O)[C@H]2OF)c(=O)n1. The zero-order valence-electron chi connectivity index (χ0n) is 10.9. The normalized spacial score (nSPS) is 28.9. The highest BCUT2D eigenvalue weighted by Crippen LogP contribution is 2.44. The van der Waals surface area contributed by atoms with Crippen LogP contribution in [0.5, 0.6) is 0 Å². The van der Waals surface area contributed by atoms with Gasteiger partial charge in [0.2, 0.25) is 0 Å². The summed E-state index contributed by atoms with van der Waals surface area (Å²) in [5, 5.41) is 9.17. The van der Waals surface area contributed by atoms with Crippen LogP contribution >= 0.6 is 7.82 Å². The van der Waals surface area contributed by atoms with Gasteiger partial charge in [-0.15, -0.1) is 0 Å². The Hall–Kier alpha value is -1.40. The maximum Gasteiger partial charge on any atom is 0.470 e. The molecule has 1 aliphatic rings. The number of rotatable bonds is 5. The number of nitrogen functional groups attached to an aromatic ring is 1. The van der Waals surface area contributed by atoms with Gasteiger partial charge >= 0.3 is 13.5 Å². The summed E-state index contributed by atoms with van der Waals surface area (Å²) in [4.78, 5) is 36.4. The zero-order chi connectivity index (χ0) is 16.5. The summed E-state index contributed by atoms with van der Waals surface area (Å²) in [6.45, 7) is -0.752. The van der Waals surface area contributed by atoms with E-state index in [1.807, 2.05) is 0 Å². The summed E-state index contributed by atoms with van der Waals surface area (Å²) in [6, 6.07) is 1.23. The van der Waals surface area contributed by atoms with Gasteiger partial charge in [-0.3, -0.25) is 9.09 Å². The van der Waals surface area contributed by atoms with Crippen LogP contribution in [0.2, 0.25) is 0 Å². The Morgan fingerprint density at radius 3 is 2.68 bits per heavy atom. The maximum absolute atomic E-state index is 12.8. The van der Waals surface area contributed by atoms with Gasteiger partial charge in [0.25, 0.3) is 0 Å². The Kier molecular flexibility index (Phi) is 4.92. The molecule has 0 saturated carbocycles. The molecule has 1 aromatic rings. The number of nitrogens with two attached hydrogens (primary N) is 1. The highest BCUT2D eigenvalue weighted by molar-refractivity contribution is 7.46. The number of aliphatic hydroxyl groups is 1. The molecule has 1 saturated heterocycles. The minimum atomic E-state index is -5.01. The van der Waals surface area contributed by atoms with E-state index in [-0.39, 0.29) is 5.82 Å². The molecule has 0 unspecified atom stereocenters. The lowest BCUT2D eigenvalue weighted by atomic mass is 10.1. The Bertz CT molecular complexity index is 636. The van der Waals surface area contributed by atoms with Crippen LogP contribution in [0.3, 0.4) is 0 Å². The van der Waals surface area contributed by atoms with Gasteiger partial charge in [-0.2, -0.15) is 9.93 Å². The largest absolute Gasteiger partial charge is 0.470 e. The molecule has 0 spiro atoms. The predicted octanol–water partition coefficient (Wildman–Crippen LogP) is -1.54. The molecule has 11 nitrogen and oxygen atoms in total. The van der Waals surface area contributed by atoms with E-state index >= 15 is 0 Å². The van der Waals surface area contributed by atoms with Crippen LogP contribution in [-0.4, -0.2) is 49.4 Å². The molecular formula is C9H13FN3O8P. The van der Waals surface area contributed by atoms with E-state index in [2.05, 4.69) is 14.4 Å². The number of nitrogens with zero attached hydrogens (tertiary/aromatic N) is 2. The van der Waals surface area contributed by atoms with Crippen molar-refractivity contribution >= 4 is 13.6 Å². The maximum atomic E-state index is 12.8. The lowest BCUT2D eigenvalue weighted by Gasteiger charge is -2.20. The Labute approximate surface area is 122 Å². The number of phosphoric ester groups is 1. The monoisotopic (exact) mass is 341 g/mol. The summed E-state index contributed by atoms with van der Waals surface area (Å²) < 4.78 is 34.1. The third kappa shape index (κ3) is 3.50. The van der Waals surface area contributed by atoms with E-state index < -0.39 is 44.7 Å². The summed E-state index contributed by atoms with van der Waals surface area (Å²) in [5.41, 5.74) is 4.42. The van der Waals surface area contributed by atoms with Crippen molar-refractivity contribution in [3.63, 3.8) is 0 Å². The highest BCUT2D eigenvalue weighted by atomic mass is 31.2. The summed E-state index contributed by atoms with van der Waals surface area (Å²) >= 11 is 0. The van der Waals surface area contributed by atoms with Crippen molar-refractivity contribution in [2.75, 3.05) is 12.3 Å². The molecule has 5 N–H and O–H groups in total. The first kappa shape index (κ1) is 17.0. The second kappa shape index (κ2) is 6.38. The van der Waals surface area contributed by atoms with Crippen LogP contribution in [0.15, 0.2) is 17.1 Å². The smallest absolute Gasteiger partial charge is 0.394 e. The van der Waals surface area contributed by atoms with E-state index in [0.717, 1.165) is 10.8 Å². The van der Waals surface area contributed by atoms with Gasteiger partial charge in [0, 0.05) is 6.20 Å². The Morgan fingerprint density at radius 2 is 2.18 bits per heavy atom. The average molecular weight is 341 g/mol. The molecule has 0 radical (unpaired) electrons. The summed E-state index contributed by atoms with van der Waals surface area (Å²) in [6.07, 6.45) is -5.02. The van der Waals surface area contributed by atoms with Crippen LogP contribution in [0.25, 0.3) is 0 Å². The average Bonchev–Trinajstić information content (AvgIpc) is 2.74. The van der Waals surface area contributed by atoms with Gasteiger partial charge in [-0.25, -0.2) is 9.36 Å². The van der Waals surface area contributed by atoms with E-state index in [1.54, 1.807) is 0 Å². The molecule has 1 aliphatic heterocycles. The van der Waals surface area contributed by atoms with E-state index in [0.29, 0.717) is 0 Å². The molecule has 22 heavy (non-hydrogen) atoms. The third-order valence-corrected chi connectivity index (χ3v) is 3.47. The van der Waals surface area contributed by atoms with Crippen molar-refractivity contribution in [3.8, 4) is 0 Å². The van der Waals surface area contributed by atoms with Crippen molar-refractivity contribution in [1.82, 2.24) is 9.55 Å². The second-order valence-electron chi connectivity index (χ2n) is 4.40. The fourth-order valence-corrected chi connectivity index (χ4v) is 2.65. The number of hydrogen-bond donors (Lipinski definition) is 4. The number of ether oxygens (including phenoxy) is 1. The van der Waals surface area contributed by atoms with Crippen LogP contribution in [0.1, 0.15) is 6.23 Å². The van der Waals surface area contributed by atoms with Gasteiger partial charge < -0.3 is 25.4 Å². The van der Waals surface area contributed by atoms with Crippen LogP contribution < -0.4 is 11.4 Å². The quantitative estimate of drug-likeness (QED) is 0.461. The van der Waals surface area contributed by atoms with Gasteiger partial charge in [0.15, 0.2) is 12.3 Å². The minimum Gasteiger partial charge on any atom is -0.394 e. The fourth-order valence-electron chi connectivity index (χ4n) is 2.08. The van der Waals surface area contributed by atoms with Crippen LogP contribution in [0, 0.1) is 0 Å². The molecule has 0 amide bonds. The summed E-state index contributed by atoms with van der Waals surface area (Å²) in [5.74, 6) is -0.0845. The molecule has 124 valence electrons. The van der Waals surface area contributed by atoms with Gasteiger partial charge in [-0.05, 0) is 10.6 Å². The lowest BCUT2D eigenvalue weighted by molar-refractivity contribution is -0.220. The van der Waals surface area contributed by atoms with Crippen molar-refractivity contribution in [2.45, 2.75) is 24.5 Å². The first-order chi connectivity index (χ1) is 10.3.